The van der Waals surface area contributed by atoms with Crippen molar-refractivity contribution in [1.29, 1.82) is 0 Å². The maximum absolute atomic E-state index is 6.07. The first-order chi connectivity index (χ1) is 8.83. The predicted octanol–water partition coefficient (Wildman–Crippen LogP) is 3.13. The van der Waals surface area contributed by atoms with Crippen molar-refractivity contribution in [3.63, 3.8) is 0 Å². The van der Waals surface area contributed by atoms with Gasteiger partial charge in [0.2, 0.25) is 0 Å². The van der Waals surface area contributed by atoms with E-state index < -0.39 is 0 Å². The van der Waals surface area contributed by atoms with Crippen LogP contribution in [0.4, 0.5) is 0 Å². The molecule has 3 nitrogen and oxygen atoms in total. The summed E-state index contributed by atoms with van der Waals surface area (Å²) in [4.78, 5) is 0. The van der Waals surface area contributed by atoms with Crippen molar-refractivity contribution in [3.05, 3.63) is 23.8 Å². The van der Waals surface area contributed by atoms with Crippen molar-refractivity contribution < 1.29 is 9.47 Å². The second kappa shape index (κ2) is 6.64. The lowest BCUT2D eigenvalue weighted by molar-refractivity contribution is 0.149. The molecule has 0 unspecified atom stereocenters. The van der Waals surface area contributed by atoms with Crippen LogP contribution in [0.5, 0.6) is 11.5 Å². The molecule has 0 saturated heterocycles. The SMILES string of the molecule is CNCc1ccc(OC2CCCCC2)c(OC)c1. The van der Waals surface area contributed by atoms with Gasteiger partial charge in [0.1, 0.15) is 0 Å². The lowest BCUT2D eigenvalue weighted by Crippen LogP contribution is -2.20. The number of hydrogen-bond donors (Lipinski definition) is 1. The summed E-state index contributed by atoms with van der Waals surface area (Å²) >= 11 is 0. The Morgan fingerprint density at radius 3 is 2.61 bits per heavy atom. The van der Waals surface area contributed by atoms with Crippen LogP contribution in [0, 0.1) is 0 Å². The highest BCUT2D eigenvalue weighted by Gasteiger charge is 2.16. The van der Waals surface area contributed by atoms with E-state index in [4.69, 9.17) is 9.47 Å². The zero-order chi connectivity index (χ0) is 12.8. The molecule has 1 fully saturated rings. The molecule has 2 rings (SSSR count). The van der Waals surface area contributed by atoms with Crippen molar-refractivity contribution in [2.24, 2.45) is 0 Å². The number of rotatable bonds is 5. The standard InChI is InChI=1S/C15H23NO2/c1-16-11-12-8-9-14(15(10-12)17-2)18-13-6-4-3-5-7-13/h8-10,13,16H,3-7,11H2,1-2H3. The average Bonchev–Trinajstić information content (AvgIpc) is 2.42. The van der Waals surface area contributed by atoms with Crippen LogP contribution in [0.2, 0.25) is 0 Å². The second-order valence-electron chi connectivity index (χ2n) is 4.89. The minimum atomic E-state index is 0.364. The van der Waals surface area contributed by atoms with Crippen LogP contribution in [-0.4, -0.2) is 20.3 Å². The van der Waals surface area contributed by atoms with E-state index in [0.29, 0.717) is 6.10 Å². The second-order valence-corrected chi connectivity index (χ2v) is 4.89. The highest BCUT2D eigenvalue weighted by Crippen LogP contribution is 2.31. The molecule has 1 saturated carbocycles. The lowest BCUT2D eigenvalue weighted by Gasteiger charge is -2.24. The molecular formula is C15H23NO2. The molecule has 0 radical (unpaired) electrons. The predicted molar refractivity (Wildman–Crippen MR) is 73.3 cm³/mol. The van der Waals surface area contributed by atoms with Crippen LogP contribution in [0.25, 0.3) is 0 Å². The number of hydrogen-bond acceptors (Lipinski definition) is 3. The molecular weight excluding hydrogens is 226 g/mol. The minimum Gasteiger partial charge on any atom is -0.493 e. The van der Waals surface area contributed by atoms with Gasteiger partial charge in [-0.05, 0) is 50.4 Å². The Bertz CT molecular complexity index is 373. The molecule has 0 aromatic heterocycles. The molecule has 0 aliphatic heterocycles. The monoisotopic (exact) mass is 249 g/mol. The summed E-state index contributed by atoms with van der Waals surface area (Å²) in [5, 5.41) is 3.14. The molecule has 1 aliphatic rings. The Morgan fingerprint density at radius 2 is 1.94 bits per heavy atom. The average molecular weight is 249 g/mol. The third-order valence-corrected chi connectivity index (χ3v) is 3.45. The molecule has 0 bridgehead atoms. The first kappa shape index (κ1) is 13.2. The largest absolute Gasteiger partial charge is 0.493 e. The molecule has 0 amide bonds. The lowest BCUT2D eigenvalue weighted by atomic mass is 9.98. The number of methoxy groups -OCH3 is 1. The Morgan fingerprint density at radius 1 is 1.17 bits per heavy atom. The molecule has 1 N–H and O–H groups in total. The summed E-state index contributed by atoms with van der Waals surface area (Å²) < 4.78 is 11.5. The van der Waals surface area contributed by atoms with Crippen LogP contribution >= 0.6 is 0 Å². The third kappa shape index (κ3) is 3.39. The molecule has 1 aromatic rings. The summed E-state index contributed by atoms with van der Waals surface area (Å²) in [5.41, 5.74) is 1.21. The van der Waals surface area contributed by atoms with Gasteiger partial charge in [-0.3, -0.25) is 0 Å². The van der Waals surface area contributed by atoms with Gasteiger partial charge in [0.25, 0.3) is 0 Å². The zero-order valence-corrected chi connectivity index (χ0v) is 11.4. The minimum absolute atomic E-state index is 0.364. The van der Waals surface area contributed by atoms with Gasteiger partial charge < -0.3 is 14.8 Å². The zero-order valence-electron chi connectivity index (χ0n) is 11.4. The Kier molecular flexibility index (Phi) is 4.88. The van der Waals surface area contributed by atoms with E-state index in [2.05, 4.69) is 17.4 Å². The van der Waals surface area contributed by atoms with E-state index in [1.807, 2.05) is 13.1 Å². The summed E-state index contributed by atoms with van der Waals surface area (Å²) in [7, 11) is 3.64. The molecule has 100 valence electrons. The van der Waals surface area contributed by atoms with Crippen molar-refractivity contribution in [1.82, 2.24) is 5.32 Å². The molecule has 1 aromatic carbocycles. The van der Waals surface area contributed by atoms with Crippen molar-refractivity contribution in [3.8, 4) is 11.5 Å². The van der Waals surface area contributed by atoms with Crippen LogP contribution in [-0.2, 0) is 6.54 Å². The summed E-state index contributed by atoms with van der Waals surface area (Å²) in [6.45, 7) is 0.847. The van der Waals surface area contributed by atoms with Crippen molar-refractivity contribution >= 4 is 0 Å². The number of benzene rings is 1. The van der Waals surface area contributed by atoms with E-state index in [-0.39, 0.29) is 0 Å². The molecule has 0 spiro atoms. The van der Waals surface area contributed by atoms with Gasteiger partial charge in [0, 0.05) is 6.54 Å². The Balaban J connectivity index is 2.06. The maximum Gasteiger partial charge on any atom is 0.161 e. The van der Waals surface area contributed by atoms with Gasteiger partial charge in [0.15, 0.2) is 11.5 Å². The molecule has 0 atom stereocenters. The highest BCUT2D eigenvalue weighted by atomic mass is 16.5. The maximum atomic E-state index is 6.07. The van der Waals surface area contributed by atoms with Crippen LogP contribution in [0.3, 0.4) is 0 Å². The van der Waals surface area contributed by atoms with Gasteiger partial charge in [0.05, 0.1) is 13.2 Å². The van der Waals surface area contributed by atoms with Gasteiger partial charge in [-0.15, -0.1) is 0 Å². The molecule has 0 heterocycles. The molecule has 18 heavy (non-hydrogen) atoms. The van der Waals surface area contributed by atoms with E-state index in [0.717, 1.165) is 18.0 Å². The smallest absolute Gasteiger partial charge is 0.161 e. The fourth-order valence-corrected chi connectivity index (χ4v) is 2.49. The summed E-state index contributed by atoms with van der Waals surface area (Å²) in [5.74, 6) is 1.72. The van der Waals surface area contributed by atoms with Gasteiger partial charge in [-0.2, -0.15) is 0 Å². The quantitative estimate of drug-likeness (QED) is 0.869. The van der Waals surface area contributed by atoms with Crippen LogP contribution in [0.1, 0.15) is 37.7 Å². The van der Waals surface area contributed by atoms with Crippen LogP contribution in [0.15, 0.2) is 18.2 Å². The normalized spacial score (nSPS) is 16.6. The van der Waals surface area contributed by atoms with Crippen molar-refractivity contribution in [2.75, 3.05) is 14.2 Å². The summed E-state index contributed by atoms with van der Waals surface area (Å²) in [6, 6.07) is 6.17. The first-order valence-electron chi connectivity index (χ1n) is 6.81. The van der Waals surface area contributed by atoms with Gasteiger partial charge >= 0.3 is 0 Å². The fourth-order valence-electron chi connectivity index (χ4n) is 2.49. The van der Waals surface area contributed by atoms with E-state index in [1.165, 1.54) is 37.7 Å². The van der Waals surface area contributed by atoms with E-state index >= 15 is 0 Å². The van der Waals surface area contributed by atoms with Gasteiger partial charge in [-0.1, -0.05) is 12.5 Å². The van der Waals surface area contributed by atoms with E-state index in [9.17, 15) is 0 Å². The van der Waals surface area contributed by atoms with E-state index in [1.54, 1.807) is 7.11 Å². The van der Waals surface area contributed by atoms with Gasteiger partial charge in [-0.25, -0.2) is 0 Å². The topological polar surface area (TPSA) is 30.5 Å². The Labute approximate surface area is 109 Å². The highest BCUT2D eigenvalue weighted by molar-refractivity contribution is 5.43. The number of nitrogens with one attached hydrogen (secondary N) is 1. The van der Waals surface area contributed by atoms with Crippen molar-refractivity contribution in [2.45, 2.75) is 44.8 Å². The summed E-state index contributed by atoms with van der Waals surface area (Å²) in [6.07, 6.45) is 6.61. The third-order valence-electron chi connectivity index (χ3n) is 3.45. The number of ether oxygens (including phenoxy) is 2. The molecule has 1 aliphatic carbocycles. The first-order valence-corrected chi connectivity index (χ1v) is 6.81. The van der Waals surface area contributed by atoms with Crippen LogP contribution < -0.4 is 14.8 Å². The Hall–Kier alpha value is -1.22. The molecule has 3 heteroatoms. The fraction of sp³-hybridized carbons (Fsp3) is 0.600.